The number of hydrogen-bond acceptors (Lipinski definition) is 5. The van der Waals surface area contributed by atoms with Gasteiger partial charge in [0.2, 0.25) is 0 Å². The molecule has 0 aliphatic carbocycles. The van der Waals surface area contributed by atoms with Gasteiger partial charge in [-0.05, 0) is 24.1 Å². The van der Waals surface area contributed by atoms with Crippen LogP contribution < -0.4 is 5.32 Å². The zero-order valence-electron chi connectivity index (χ0n) is 9.51. The van der Waals surface area contributed by atoms with Crippen LogP contribution >= 0.6 is 22.9 Å². The van der Waals surface area contributed by atoms with Crippen LogP contribution in [-0.4, -0.2) is 9.91 Å². The summed E-state index contributed by atoms with van der Waals surface area (Å²) in [7, 11) is 0. The van der Waals surface area contributed by atoms with Crippen LogP contribution in [0.2, 0.25) is 5.15 Å². The van der Waals surface area contributed by atoms with E-state index in [4.69, 9.17) is 11.6 Å². The molecule has 0 spiro atoms. The van der Waals surface area contributed by atoms with E-state index in [9.17, 15) is 10.1 Å². The van der Waals surface area contributed by atoms with Gasteiger partial charge in [0, 0.05) is 24.2 Å². The molecule has 5 nitrogen and oxygen atoms in total. The number of aryl methyl sites for hydroxylation is 1. The molecule has 1 N–H and O–H groups in total. The third-order valence-corrected chi connectivity index (χ3v) is 3.62. The second-order valence-electron chi connectivity index (χ2n) is 3.70. The number of aromatic nitrogens is 1. The molecule has 0 aliphatic rings. The number of rotatable bonds is 4. The van der Waals surface area contributed by atoms with Gasteiger partial charge in [-0.2, -0.15) is 0 Å². The molecule has 2 aromatic rings. The Morgan fingerprint density at radius 1 is 1.61 bits per heavy atom. The van der Waals surface area contributed by atoms with E-state index in [1.54, 1.807) is 17.6 Å². The highest BCUT2D eigenvalue weighted by molar-refractivity contribution is 7.13. The van der Waals surface area contributed by atoms with Crippen LogP contribution in [0.4, 0.5) is 10.7 Å². The predicted octanol–water partition coefficient (Wildman–Crippen LogP) is 3.63. The zero-order valence-corrected chi connectivity index (χ0v) is 11.1. The van der Waals surface area contributed by atoms with Gasteiger partial charge in [0.05, 0.1) is 10.6 Å². The van der Waals surface area contributed by atoms with E-state index >= 15 is 0 Å². The largest absolute Gasteiger partial charge is 0.378 e. The maximum absolute atomic E-state index is 10.6. The normalized spacial score (nSPS) is 10.3. The zero-order chi connectivity index (χ0) is 13.1. The Morgan fingerprint density at radius 3 is 3.00 bits per heavy atom. The van der Waals surface area contributed by atoms with Gasteiger partial charge in [0.15, 0.2) is 5.15 Å². The minimum atomic E-state index is -0.392. The maximum atomic E-state index is 10.6. The summed E-state index contributed by atoms with van der Waals surface area (Å²) in [5.41, 5.74) is 2.60. The van der Waals surface area contributed by atoms with E-state index in [1.807, 2.05) is 13.0 Å². The molecule has 0 aromatic carbocycles. The highest BCUT2D eigenvalue weighted by atomic mass is 35.5. The fourth-order valence-corrected chi connectivity index (χ4v) is 2.48. The molecule has 94 valence electrons. The lowest BCUT2D eigenvalue weighted by Crippen LogP contribution is -2.01. The molecule has 2 rings (SSSR count). The topological polar surface area (TPSA) is 68.1 Å². The standard InChI is InChI=1S/C11H10ClN3O2S/c1-7-2-3-13-11(12)10(7)14-5-8-4-9(15(16)17)18-6-8/h2-4,6,14H,5H2,1H3. The molecule has 0 unspecified atom stereocenters. The maximum Gasteiger partial charge on any atom is 0.324 e. The van der Waals surface area contributed by atoms with Crippen molar-refractivity contribution in [3.63, 3.8) is 0 Å². The monoisotopic (exact) mass is 283 g/mol. The molecule has 0 atom stereocenters. The molecule has 2 aromatic heterocycles. The summed E-state index contributed by atoms with van der Waals surface area (Å²) >= 11 is 7.09. The number of anilines is 1. The minimum absolute atomic E-state index is 0.140. The van der Waals surface area contributed by atoms with Gasteiger partial charge < -0.3 is 5.32 Å². The highest BCUT2D eigenvalue weighted by Gasteiger charge is 2.10. The molecule has 0 saturated carbocycles. The third-order valence-electron chi connectivity index (χ3n) is 2.40. The SMILES string of the molecule is Cc1ccnc(Cl)c1NCc1csc([N+](=O)[O-])c1. The van der Waals surface area contributed by atoms with Gasteiger partial charge in [0.25, 0.3) is 0 Å². The van der Waals surface area contributed by atoms with Crippen molar-refractivity contribution in [3.8, 4) is 0 Å². The van der Waals surface area contributed by atoms with Gasteiger partial charge in [-0.15, -0.1) is 0 Å². The van der Waals surface area contributed by atoms with Crippen LogP contribution in [0.1, 0.15) is 11.1 Å². The average molecular weight is 284 g/mol. The Hall–Kier alpha value is -1.66. The first kappa shape index (κ1) is 12.8. The first-order valence-electron chi connectivity index (χ1n) is 5.14. The lowest BCUT2D eigenvalue weighted by Gasteiger charge is -2.09. The van der Waals surface area contributed by atoms with Crippen molar-refractivity contribution in [2.24, 2.45) is 0 Å². The van der Waals surface area contributed by atoms with Crippen molar-refractivity contribution in [2.45, 2.75) is 13.5 Å². The average Bonchev–Trinajstić information content (AvgIpc) is 2.77. The summed E-state index contributed by atoms with van der Waals surface area (Å²) in [4.78, 5) is 14.2. The quantitative estimate of drug-likeness (QED) is 0.528. The highest BCUT2D eigenvalue weighted by Crippen LogP contribution is 2.26. The Morgan fingerprint density at radius 2 is 2.39 bits per heavy atom. The van der Waals surface area contributed by atoms with Crippen LogP contribution in [0.15, 0.2) is 23.7 Å². The number of halogens is 1. The molecule has 0 amide bonds. The molecular weight excluding hydrogens is 274 g/mol. The lowest BCUT2D eigenvalue weighted by molar-refractivity contribution is -0.380. The summed E-state index contributed by atoms with van der Waals surface area (Å²) < 4.78 is 0. The van der Waals surface area contributed by atoms with Gasteiger partial charge in [-0.1, -0.05) is 22.9 Å². The Bertz CT molecular complexity index is 565. The van der Waals surface area contributed by atoms with Crippen molar-refractivity contribution < 1.29 is 4.92 Å². The third kappa shape index (κ3) is 2.77. The van der Waals surface area contributed by atoms with E-state index in [0.29, 0.717) is 11.7 Å². The Balaban J connectivity index is 2.09. The van der Waals surface area contributed by atoms with Gasteiger partial charge >= 0.3 is 5.00 Å². The number of pyridine rings is 1. The van der Waals surface area contributed by atoms with Gasteiger partial charge in [0.1, 0.15) is 0 Å². The van der Waals surface area contributed by atoms with E-state index < -0.39 is 4.92 Å². The predicted molar refractivity (Wildman–Crippen MR) is 72.3 cm³/mol. The Labute approximate surface area is 113 Å². The Kier molecular flexibility index (Phi) is 3.78. The van der Waals surface area contributed by atoms with Crippen LogP contribution in [0.3, 0.4) is 0 Å². The van der Waals surface area contributed by atoms with Crippen molar-refractivity contribution in [2.75, 3.05) is 5.32 Å². The number of nitro groups is 1. The van der Waals surface area contributed by atoms with E-state index in [0.717, 1.165) is 28.2 Å². The fraction of sp³-hybridized carbons (Fsp3) is 0.182. The summed E-state index contributed by atoms with van der Waals surface area (Å²) in [6.45, 7) is 2.41. The fourth-order valence-electron chi connectivity index (χ4n) is 1.48. The second kappa shape index (κ2) is 5.32. The summed E-state index contributed by atoms with van der Waals surface area (Å²) in [6, 6.07) is 3.40. The molecule has 0 bridgehead atoms. The minimum Gasteiger partial charge on any atom is -0.378 e. The van der Waals surface area contributed by atoms with Crippen molar-refractivity contribution >= 4 is 33.6 Å². The number of nitrogens with one attached hydrogen (secondary N) is 1. The van der Waals surface area contributed by atoms with Crippen LogP contribution in [0, 0.1) is 17.0 Å². The van der Waals surface area contributed by atoms with Gasteiger partial charge in [-0.25, -0.2) is 4.98 Å². The second-order valence-corrected chi connectivity index (χ2v) is 4.95. The van der Waals surface area contributed by atoms with Gasteiger partial charge in [-0.3, -0.25) is 10.1 Å². The van der Waals surface area contributed by atoms with Crippen molar-refractivity contribution in [1.29, 1.82) is 0 Å². The van der Waals surface area contributed by atoms with Crippen LogP contribution in [-0.2, 0) is 6.54 Å². The molecule has 18 heavy (non-hydrogen) atoms. The number of nitrogens with zero attached hydrogens (tertiary/aromatic N) is 2. The first-order valence-corrected chi connectivity index (χ1v) is 6.40. The molecular formula is C11H10ClN3O2S. The van der Waals surface area contributed by atoms with Crippen LogP contribution in [0.25, 0.3) is 0 Å². The smallest absolute Gasteiger partial charge is 0.324 e. The van der Waals surface area contributed by atoms with Crippen molar-refractivity contribution in [1.82, 2.24) is 4.98 Å². The van der Waals surface area contributed by atoms with Crippen molar-refractivity contribution in [3.05, 3.63) is 50.1 Å². The summed E-state index contributed by atoms with van der Waals surface area (Å²) in [5, 5.41) is 16.0. The summed E-state index contributed by atoms with van der Waals surface area (Å²) in [6.07, 6.45) is 1.64. The first-order chi connectivity index (χ1) is 8.58. The molecule has 0 aliphatic heterocycles. The molecule has 2 heterocycles. The molecule has 0 saturated heterocycles. The number of hydrogen-bond donors (Lipinski definition) is 1. The summed E-state index contributed by atoms with van der Waals surface area (Å²) in [5.74, 6) is 0. The molecule has 0 radical (unpaired) electrons. The lowest BCUT2D eigenvalue weighted by atomic mass is 10.2. The van der Waals surface area contributed by atoms with E-state index in [2.05, 4.69) is 10.3 Å². The van der Waals surface area contributed by atoms with E-state index in [-0.39, 0.29) is 5.00 Å². The van der Waals surface area contributed by atoms with Crippen LogP contribution in [0.5, 0.6) is 0 Å². The number of thiophene rings is 1. The van der Waals surface area contributed by atoms with E-state index in [1.165, 1.54) is 0 Å². The molecule has 0 fully saturated rings. The molecule has 7 heteroatoms.